The molecule has 0 spiro atoms. The Bertz CT molecular complexity index is 1130. The maximum Gasteiger partial charge on any atom is 0.251 e. The Kier molecular flexibility index (Phi) is 7.93. The lowest BCUT2D eigenvalue weighted by Crippen LogP contribution is -2.48. The fourth-order valence-corrected chi connectivity index (χ4v) is 4.89. The zero-order chi connectivity index (χ0) is 24.8. The van der Waals surface area contributed by atoms with Crippen molar-refractivity contribution in [1.82, 2.24) is 10.2 Å². The van der Waals surface area contributed by atoms with Crippen LogP contribution in [0.3, 0.4) is 0 Å². The topological polar surface area (TPSA) is 60.0 Å². The largest absolute Gasteiger partial charge is 0.497 e. The number of carbonyl (C=O) groups is 1. The van der Waals surface area contributed by atoms with Gasteiger partial charge in [-0.1, -0.05) is 37.3 Å². The van der Waals surface area contributed by atoms with E-state index in [1.165, 1.54) is 16.7 Å². The van der Waals surface area contributed by atoms with Gasteiger partial charge in [0.25, 0.3) is 5.91 Å². The molecular formula is C29H34N2O4. The smallest absolute Gasteiger partial charge is 0.251 e. The summed E-state index contributed by atoms with van der Waals surface area (Å²) < 4.78 is 16.5. The number of hydrogen-bond acceptors (Lipinski definition) is 5. The first-order valence-corrected chi connectivity index (χ1v) is 12.1. The Balaban J connectivity index is 1.70. The number of fused-ring (bicyclic) bond motifs is 1. The van der Waals surface area contributed by atoms with Crippen LogP contribution < -0.4 is 19.5 Å². The van der Waals surface area contributed by atoms with E-state index >= 15 is 0 Å². The van der Waals surface area contributed by atoms with Gasteiger partial charge in [-0.25, -0.2) is 0 Å². The molecule has 1 aliphatic rings. The number of carbonyl (C=O) groups excluding carboxylic acids is 1. The first-order chi connectivity index (χ1) is 17.1. The van der Waals surface area contributed by atoms with Crippen molar-refractivity contribution in [1.29, 1.82) is 0 Å². The van der Waals surface area contributed by atoms with Gasteiger partial charge in [-0.05, 0) is 65.9 Å². The van der Waals surface area contributed by atoms with Crippen LogP contribution in [0.1, 0.15) is 46.4 Å². The Hall–Kier alpha value is -3.51. The molecule has 184 valence electrons. The normalized spacial score (nSPS) is 16.2. The minimum Gasteiger partial charge on any atom is -0.497 e. The first kappa shape index (κ1) is 24.6. The summed E-state index contributed by atoms with van der Waals surface area (Å²) in [5.74, 6) is 2.21. The third kappa shape index (κ3) is 5.43. The molecule has 35 heavy (non-hydrogen) atoms. The van der Waals surface area contributed by atoms with Crippen molar-refractivity contribution in [2.24, 2.45) is 0 Å². The summed E-state index contributed by atoms with van der Waals surface area (Å²) in [7, 11) is 5.00. The molecule has 6 heteroatoms. The second-order valence-electron chi connectivity index (χ2n) is 8.77. The number of methoxy groups -OCH3 is 3. The van der Waals surface area contributed by atoms with E-state index in [9.17, 15) is 4.79 Å². The molecule has 4 rings (SSSR count). The minimum atomic E-state index is -0.0851. The lowest BCUT2D eigenvalue weighted by atomic mass is 9.86. The van der Waals surface area contributed by atoms with Gasteiger partial charge in [0.15, 0.2) is 11.5 Å². The molecule has 6 nitrogen and oxygen atoms in total. The molecule has 1 N–H and O–H groups in total. The summed E-state index contributed by atoms with van der Waals surface area (Å²) in [6.07, 6.45) is 1.68. The molecule has 0 radical (unpaired) electrons. The highest BCUT2D eigenvalue weighted by Gasteiger charge is 2.35. The second-order valence-corrected chi connectivity index (χ2v) is 8.77. The molecule has 0 fully saturated rings. The van der Waals surface area contributed by atoms with Crippen LogP contribution in [0.5, 0.6) is 17.2 Å². The summed E-state index contributed by atoms with van der Waals surface area (Å²) >= 11 is 0. The van der Waals surface area contributed by atoms with Crippen LogP contribution in [0.4, 0.5) is 0 Å². The minimum absolute atomic E-state index is 0.0154. The molecule has 3 aromatic rings. The maximum absolute atomic E-state index is 13.1. The Morgan fingerprint density at radius 2 is 1.66 bits per heavy atom. The van der Waals surface area contributed by atoms with Crippen molar-refractivity contribution >= 4 is 5.91 Å². The van der Waals surface area contributed by atoms with Gasteiger partial charge in [-0.2, -0.15) is 0 Å². The van der Waals surface area contributed by atoms with Crippen LogP contribution in [0.15, 0.2) is 66.7 Å². The standard InChI is InChI=1S/C29H34N2O4/c1-5-25(30-29(32)21-9-7-6-8-10-21)28-24-18-27(35-4)26(34-3)17-22(24)15-16-31(28)19-20-11-13-23(33-2)14-12-20/h6-14,17-18,25,28H,5,15-16,19H2,1-4H3,(H,30,32)/t25-,28-/m1/s1. The van der Waals surface area contributed by atoms with Crippen molar-refractivity contribution in [2.75, 3.05) is 27.9 Å². The van der Waals surface area contributed by atoms with Gasteiger partial charge >= 0.3 is 0 Å². The van der Waals surface area contributed by atoms with Crippen LogP contribution in [-0.2, 0) is 13.0 Å². The van der Waals surface area contributed by atoms with E-state index < -0.39 is 0 Å². The maximum atomic E-state index is 13.1. The summed E-state index contributed by atoms with van der Waals surface area (Å²) in [6.45, 7) is 3.76. The zero-order valence-electron chi connectivity index (χ0n) is 20.9. The van der Waals surface area contributed by atoms with E-state index in [-0.39, 0.29) is 18.0 Å². The molecule has 1 amide bonds. The van der Waals surface area contributed by atoms with Crippen LogP contribution in [0, 0.1) is 0 Å². The number of nitrogens with zero attached hydrogens (tertiary/aromatic N) is 1. The molecule has 1 aliphatic heterocycles. The van der Waals surface area contributed by atoms with E-state index in [1.54, 1.807) is 21.3 Å². The van der Waals surface area contributed by atoms with E-state index in [4.69, 9.17) is 14.2 Å². The summed E-state index contributed by atoms with van der Waals surface area (Å²) in [4.78, 5) is 15.6. The Morgan fingerprint density at radius 1 is 0.971 bits per heavy atom. The fourth-order valence-electron chi connectivity index (χ4n) is 4.89. The van der Waals surface area contributed by atoms with Crippen molar-refractivity contribution in [3.63, 3.8) is 0 Å². The quantitative estimate of drug-likeness (QED) is 0.472. The first-order valence-electron chi connectivity index (χ1n) is 12.1. The Morgan fingerprint density at radius 3 is 2.29 bits per heavy atom. The molecule has 0 saturated heterocycles. The average molecular weight is 475 g/mol. The molecule has 2 atom stereocenters. The van der Waals surface area contributed by atoms with Crippen LogP contribution >= 0.6 is 0 Å². The SMILES string of the molecule is CC[C@@H](NC(=O)c1ccccc1)[C@H]1c2cc(OC)c(OC)cc2CCN1Cc1ccc(OC)cc1. The second kappa shape index (κ2) is 11.3. The van der Waals surface area contributed by atoms with Gasteiger partial charge in [0.2, 0.25) is 0 Å². The van der Waals surface area contributed by atoms with Crippen molar-refractivity contribution in [2.45, 2.75) is 38.4 Å². The summed E-state index contributed by atoms with van der Waals surface area (Å²) in [6, 6.07) is 21.6. The van der Waals surface area contributed by atoms with Gasteiger partial charge in [0.1, 0.15) is 5.75 Å². The van der Waals surface area contributed by atoms with E-state index in [2.05, 4.69) is 41.4 Å². The molecule has 3 aromatic carbocycles. The van der Waals surface area contributed by atoms with E-state index in [1.807, 2.05) is 42.5 Å². The van der Waals surface area contributed by atoms with E-state index in [0.29, 0.717) is 11.3 Å². The van der Waals surface area contributed by atoms with Crippen LogP contribution in [-0.4, -0.2) is 44.7 Å². The highest BCUT2D eigenvalue weighted by Crippen LogP contribution is 2.40. The van der Waals surface area contributed by atoms with Crippen LogP contribution in [0.2, 0.25) is 0 Å². The summed E-state index contributed by atoms with van der Waals surface area (Å²) in [5, 5.41) is 3.32. The number of benzene rings is 3. The average Bonchev–Trinajstić information content (AvgIpc) is 2.91. The Labute approximate surface area is 207 Å². The van der Waals surface area contributed by atoms with Gasteiger partial charge < -0.3 is 19.5 Å². The number of ether oxygens (including phenoxy) is 3. The zero-order valence-corrected chi connectivity index (χ0v) is 20.9. The molecule has 1 heterocycles. The predicted molar refractivity (Wildman–Crippen MR) is 137 cm³/mol. The predicted octanol–water partition coefficient (Wildman–Crippen LogP) is 5.02. The number of rotatable bonds is 9. The van der Waals surface area contributed by atoms with Gasteiger partial charge in [0, 0.05) is 24.7 Å². The molecule has 0 aromatic heterocycles. The fraction of sp³-hybridized carbons (Fsp3) is 0.345. The monoisotopic (exact) mass is 474 g/mol. The lowest BCUT2D eigenvalue weighted by molar-refractivity contribution is 0.0859. The van der Waals surface area contributed by atoms with Gasteiger partial charge in [0.05, 0.1) is 27.4 Å². The highest BCUT2D eigenvalue weighted by atomic mass is 16.5. The molecule has 0 bridgehead atoms. The molecule has 0 unspecified atom stereocenters. The number of hydrogen-bond donors (Lipinski definition) is 1. The third-order valence-electron chi connectivity index (χ3n) is 6.74. The highest BCUT2D eigenvalue weighted by molar-refractivity contribution is 5.94. The van der Waals surface area contributed by atoms with Crippen molar-refractivity contribution in [3.8, 4) is 17.2 Å². The van der Waals surface area contributed by atoms with Gasteiger partial charge in [-0.15, -0.1) is 0 Å². The third-order valence-corrected chi connectivity index (χ3v) is 6.74. The number of nitrogens with one attached hydrogen (secondary N) is 1. The van der Waals surface area contributed by atoms with Crippen molar-refractivity contribution in [3.05, 3.63) is 89.0 Å². The van der Waals surface area contributed by atoms with Crippen LogP contribution in [0.25, 0.3) is 0 Å². The molecule has 0 aliphatic carbocycles. The lowest BCUT2D eigenvalue weighted by Gasteiger charge is -2.42. The van der Waals surface area contributed by atoms with Crippen molar-refractivity contribution < 1.29 is 19.0 Å². The molecule has 0 saturated carbocycles. The summed E-state index contributed by atoms with van der Waals surface area (Å²) in [5.41, 5.74) is 4.26. The van der Waals surface area contributed by atoms with Gasteiger partial charge in [-0.3, -0.25) is 9.69 Å². The number of amides is 1. The molecular weight excluding hydrogens is 440 g/mol. The van der Waals surface area contributed by atoms with E-state index in [0.717, 1.165) is 37.4 Å².